The molecule has 8 heteroatoms. The van der Waals surface area contributed by atoms with E-state index < -0.39 is 23.6 Å². The van der Waals surface area contributed by atoms with E-state index in [2.05, 4.69) is 15.6 Å². The van der Waals surface area contributed by atoms with Crippen LogP contribution >= 0.6 is 11.3 Å². The van der Waals surface area contributed by atoms with E-state index in [-0.39, 0.29) is 15.3 Å². The molecule has 0 fully saturated rings. The lowest BCUT2D eigenvalue weighted by atomic mass is 10.2. The smallest absolute Gasteiger partial charge is 0.348 e. The molecule has 1 aromatic carbocycles. The number of ether oxygens (including phenoxy) is 1. The van der Waals surface area contributed by atoms with Gasteiger partial charge in [-0.3, -0.25) is 20.4 Å². The number of esters is 1. The number of amides is 2. The molecule has 22 heavy (non-hydrogen) atoms. The van der Waals surface area contributed by atoms with Gasteiger partial charge in [-0.25, -0.2) is 9.18 Å². The average Bonchev–Trinajstić information content (AvgIpc) is 3.02. The maximum atomic E-state index is 13.4. The molecule has 0 saturated heterocycles. The zero-order valence-corrected chi connectivity index (χ0v) is 12.2. The van der Waals surface area contributed by atoms with Crippen molar-refractivity contribution in [3.63, 3.8) is 0 Å². The van der Waals surface area contributed by atoms with E-state index in [1.54, 1.807) is 0 Å². The Morgan fingerprint density at radius 2 is 1.64 bits per heavy atom. The first-order valence-corrected chi connectivity index (χ1v) is 6.88. The molecular weight excluding hydrogens is 311 g/mol. The number of hydrogen-bond acceptors (Lipinski definition) is 5. The van der Waals surface area contributed by atoms with Crippen LogP contribution in [0.25, 0.3) is 0 Å². The van der Waals surface area contributed by atoms with Crippen LogP contribution in [0.5, 0.6) is 0 Å². The number of nitrogens with one attached hydrogen (secondary N) is 2. The Hall–Kier alpha value is -2.74. The summed E-state index contributed by atoms with van der Waals surface area (Å²) in [5.74, 6) is -2.65. The average molecular weight is 322 g/mol. The summed E-state index contributed by atoms with van der Waals surface area (Å²) in [5.41, 5.74) is 4.06. The summed E-state index contributed by atoms with van der Waals surface area (Å²) >= 11 is 0.912. The van der Waals surface area contributed by atoms with Crippen molar-refractivity contribution in [1.29, 1.82) is 0 Å². The Morgan fingerprint density at radius 1 is 1.00 bits per heavy atom. The van der Waals surface area contributed by atoms with Crippen LogP contribution in [-0.2, 0) is 4.74 Å². The Balaban J connectivity index is 1.98. The van der Waals surface area contributed by atoms with Gasteiger partial charge in [-0.05, 0) is 24.3 Å². The first-order chi connectivity index (χ1) is 10.5. The molecular formula is C14H11FN2O4S. The lowest BCUT2D eigenvalue weighted by Crippen LogP contribution is -2.41. The van der Waals surface area contributed by atoms with Crippen LogP contribution in [0.15, 0.2) is 36.4 Å². The van der Waals surface area contributed by atoms with E-state index in [0.29, 0.717) is 0 Å². The highest BCUT2D eigenvalue weighted by molar-refractivity contribution is 7.15. The number of rotatable bonds is 3. The lowest BCUT2D eigenvalue weighted by Gasteiger charge is -2.06. The number of hydrazine groups is 1. The molecule has 0 unspecified atom stereocenters. The summed E-state index contributed by atoms with van der Waals surface area (Å²) < 4.78 is 17.9. The number of methoxy groups -OCH3 is 1. The van der Waals surface area contributed by atoms with E-state index in [9.17, 15) is 18.8 Å². The first kappa shape index (κ1) is 15.6. The summed E-state index contributed by atoms with van der Waals surface area (Å²) in [5, 5.41) is 0. The van der Waals surface area contributed by atoms with Crippen molar-refractivity contribution < 1.29 is 23.5 Å². The molecule has 0 atom stereocenters. The summed E-state index contributed by atoms with van der Waals surface area (Å²) in [6.07, 6.45) is 0. The minimum atomic E-state index is -0.781. The van der Waals surface area contributed by atoms with Crippen molar-refractivity contribution in [2.24, 2.45) is 0 Å². The summed E-state index contributed by atoms with van der Waals surface area (Å²) in [6.45, 7) is 0. The molecule has 0 spiro atoms. The maximum Gasteiger partial charge on any atom is 0.348 e. The monoisotopic (exact) mass is 322 g/mol. The molecule has 2 N–H and O–H groups in total. The van der Waals surface area contributed by atoms with E-state index in [1.165, 1.54) is 37.4 Å². The number of carbonyl (C=O) groups is 3. The minimum absolute atomic E-state index is 0.191. The SMILES string of the molecule is COC(=O)c1ccc(C(=O)NNC(=O)c2ccccc2F)s1. The van der Waals surface area contributed by atoms with Gasteiger partial charge in [0.25, 0.3) is 11.8 Å². The lowest BCUT2D eigenvalue weighted by molar-refractivity contribution is 0.0606. The quantitative estimate of drug-likeness (QED) is 0.666. The molecule has 0 aliphatic rings. The topological polar surface area (TPSA) is 84.5 Å². The molecule has 114 valence electrons. The summed E-state index contributed by atoms with van der Waals surface area (Å²) in [7, 11) is 1.23. The number of halogens is 1. The molecule has 0 radical (unpaired) electrons. The second-order valence-electron chi connectivity index (χ2n) is 4.04. The molecule has 0 bridgehead atoms. The van der Waals surface area contributed by atoms with Crippen LogP contribution in [0.3, 0.4) is 0 Å². The van der Waals surface area contributed by atoms with Crippen molar-refractivity contribution in [3.05, 3.63) is 57.5 Å². The van der Waals surface area contributed by atoms with E-state index in [1.807, 2.05) is 0 Å². The number of thiophene rings is 1. The van der Waals surface area contributed by atoms with Crippen LogP contribution in [0.2, 0.25) is 0 Å². The van der Waals surface area contributed by atoms with Crippen LogP contribution in [-0.4, -0.2) is 24.9 Å². The third kappa shape index (κ3) is 3.47. The highest BCUT2D eigenvalue weighted by Crippen LogP contribution is 2.17. The van der Waals surface area contributed by atoms with Gasteiger partial charge in [0, 0.05) is 0 Å². The van der Waals surface area contributed by atoms with Gasteiger partial charge in [-0.15, -0.1) is 11.3 Å². The highest BCUT2D eigenvalue weighted by Gasteiger charge is 2.16. The fraction of sp³-hybridized carbons (Fsp3) is 0.0714. The largest absolute Gasteiger partial charge is 0.465 e. The zero-order valence-electron chi connectivity index (χ0n) is 11.4. The standard InChI is InChI=1S/C14H11FN2O4S/c1-21-14(20)11-7-6-10(22-11)13(19)17-16-12(18)8-4-2-3-5-9(8)15/h2-7H,1H3,(H,16,18)(H,17,19). The fourth-order valence-corrected chi connectivity index (χ4v) is 2.38. The number of benzene rings is 1. The summed E-state index contributed by atoms with van der Waals surface area (Å²) in [6, 6.07) is 8.23. The van der Waals surface area contributed by atoms with Gasteiger partial charge in [0.05, 0.1) is 17.6 Å². The third-order valence-electron chi connectivity index (χ3n) is 2.62. The zero-order chi connectivity index (χ0) is 16.1. The van der Waals surface area contributed by atoms with Gasteiger partial charge < -0.3 is 4.74 Å². The van der Waals surface area contributed by atoms with Gasteiger partial charge in [-0.1, -0.05) is 12.1 Å². The summed E-state index contributed by atoms with van der Waals surface area (Å²) in [4.78, 5) is 35.3. The predicted octanol–water partition coefficient (Wildman–Crippen LogP) is 1.75. The van der Waals surface area contributed by atoms with Gasteiger partial charge in [0.2, 0.25) is 0 Å². The van der Waals surface area contributed by atoms with Crippen molar-refractivity contribution in [2.45, 2.75) is 0 Å². The molecule has 1 heterocycles. The first-order valence-electron chi connectivity index (χ1n) is 6.06. The van der Waals surface area contributed by atoms with Crippen LogP contribution in [0, 0.1) is 5.82 Å². The molecule has 0 aliphatic heterocycles. The molecule has 0 saturated carbocycles. The Labute approximate surface area is 128 Å². The van der Waals surface area contributed by atoms with Gasteiger partial charge >= 0.3 is 5.97 Å². The van der Waals surface area contributed by atoms with Crippen LogP contribution < -0.4 is 10.9 Å². The molecule has 2 rings (SSSR count). The number of hydrogen-bond donors (Lipinski definition) is 2. The number of carbonyl (C=O) groups excluding carboxylic acids is 3. The van der Waals surface area contributed by atoms with E-state index in [4.69, 9.17) is 0 Å². The van der Waals surface area contributed by atoms with Crippen molar-refractivity contribution in [1.82, 2.24) is 10.9 Å². The minimum Gasteiger partial charge on any atom is -0.465 e. The van der Waals surface area contributed by atoms with Crippen molar-refractivity contribution >= 4 is 29.1 Å². The second-order valence-corrected chi connectivity index (χ2v) is 5.13. The second kappa shape index (κ2) is 6.81. The van der Waals surface area contributed by atoms with Gasteiger partial charge in [-0.2, -0.15) is 0 Å². The van der Waals surface area contributed by atoms with Crippen molar-refractivity contribution in [3.8, 4) is 0 Å². The maximum absolute atomic E-state index is 13.4. The molecule has 0 aliphatic carbocycles. The molecule has 6 nitrogen and oxygen atoms in total. The highest BCUT2D eigenvalue weighted by atomic mass is 32.1. The third-order valence-corrected chi connectivity index (χ3v) is 3.69. The Bertz CT molecular complexity index is 729. The van der Waals surface area contributed by atoms with Gasteiger partial charge in [0.15, 0.2) is 0 Å². The molecule has 2 aromatic rings. The Morgan fingerprint density at radius 3 is 2.32 bits per heavy atom. The van der Waals surface area contributed by atoms with Crippen LogP contribution in [0.4, 0.5) is 4.39 Å². The van der Waals surface area contributed by atoms with Gasteiger partial charge in [0.1, 0.15) is 10.7 Å². The van der Waals surface area contributed by atoms with E-state index in [0.717, 1.165) is 17.4 Å². The Kier molecular flexibility index (Phi) is 4.84. The molecule has 1 aromatic heterocycles. The van der Waals surface area contributed by atoms with E-state index >= 15 is 0 Å². The normalized spacial score (nSPS) is 9.91. The predicted molar refractivity (Wildman–Crippen MR) is 77.0 cm³/mol. The fourth-order valence-electron chi connectivity index (χ4n) is 1.56. The van der Waals surface area contributed by atoms with Crippen molar-refractivity contribution in [2.75, 3.05) is 7.11 Å². The van der Waals surface area contributed by atoms with Crippen LogP contribution in [0.1, 0.15) is 29.7 Å². The molecule has 2 amide bonds.